The molecule has 0 unspecified atom stereocenters. The number of hydrogen-bond donors (Lipinski definition) is 0. The van der Waals surface area contributed by atoms with Crippen LogP contribution in [0.4, 0.5) is 10.5 Å². The molecule has 1 aliphatic heterocycles. The summed E-state index contributed by atoms with van der Waals surface area (Å²) in [6.07, 6.45) is -0.266. The Hall–Kier alpha value is -2.42. The van der Waals surface area contributed by atoms with E-state index in [0.29, 0.717) is 4.31 Å². The van der Waals surface area contributed by atoms with E-state index in [-0.39, 0.29) is 16.5 Å². The molecule has 1 aromatic rings. The maximum absolute atomic E-state index is 12.7. The van der Waals surface area contributed by atoms with E-state index in [1.165, 1.54) is 6.08 Å². The number of nitro groups is 1. The van der Waals surface area contributed by atoms with Gasteiger partial charge in [-0.25, -0.2) is 13.2 Å². The van der Waals surface area contributed by atoms with E-state index in [9.17, 15) is 23.3 Å². The number of cyclic esters (lactones) is 1. The van der Waals surface area contributed by atoms with Gasteiger partial charge in [0.05, 0.1) is 9.82 Å². The Morgan fingerprint density at radius 2 is 1.91 bits per heavy atom. The van der Waals surface area contributed by atoms with Gasteiger partial charge < -0.3 is 4.74 Å². The minimum Gasteiger partial charge on any atom is -0.442 e. The number of benzene rings is 1. The molecule has 1 amide bonds. The quantitative estimate of drug-likeness (QED) is 0.462. The number of carbonyl (C=O) groups excluding carboxylic acids is 1. The average molecular weight is 340 g/mol. The lowest BCUT2D eigenvalue weighted by Gasteiger charge is -2.22. The Bertz CT molecular complexity index is 741. The molecule has 9 heteroatoms. The molecular weight excluding hydrogens is 324 g/mol. The highest BCUT2D eigenvalue weighted by molar-refractivity contribution is 7.89. The fraction of sp³-hybridized carbons (Fsp3) is 0.357. The van der Waals surface area contributed by atoms with E-state index in [1.54, 1.807) is 13.8 Å². The highest BCUT2D eigenvalue weighted by atomic mass is 32.2. The average Bonchev–Trinajstić information content (AvgIpc) is 2.84. The summed E-state index contributed by atoms with van der Waals surface area (Å²) in [4.78, 5) is 21.8. The number of nitro benzene ring substituents is 1. The van der Waals surface area contributed by atoms with Gasteiger partial charge in [0, 0.05) is 12.1 Å². The summed E-state index contributed by atoms with van der Waals surface area (Å²) in [6, 6.07) is 3.48. The van der Waals surface area contributed by atoms with Crippen molar-refractivity contribution in [2.24, 2.45) is 5.92 Å². The van der Waals surface area contributed by atoms with Crippen LogP contribution in [0.5, 0.6) is 0 Å². The smallest absolute Gasteiger partial charge is 0.424 e. The topological polar surface area (TPSA) is 107 Å². The SMILES string of the molecule is C=C[C@H]1[C@H](C(C)C)OC(=O)N1S(=O)(=O)c1ccc([N+](=O)[O-])cc1. The van der Waals surface area contributed by atoms with Crippen LogP contribution in [0.1, 0.15) is 13.8 Å². The van der Waals surface area contributed by atoms with Crippen LogP contribution >= 0.6 is 0 Å². The first-order chi connectivity index (χ1) is 10.7. The molecule has 1 heterocycles. The highest BCUT2D eigenvalue weighted by Gasteiger charge is 2.48. The fourth-order valence-corrected chi connectivity index (χ4v) is 3.84. The molecular formula is C14H16N2O6S. The Morgan fingerprint density at radius 3 is 2.35 bits per heavy atom. The van der Waals surface area contributed by atoms with Gasteiger partial charge in [0.1, 0.15) is 12.1 Å². The van der Waals surface area contributed by atoms with Crippen LogP contribution < -0.4 is 0 Å². The molecule has 0 spiro atoms. The van der Waals surface area contributed by atoms with Gasteiger partial charge in [-0.3, -0.25) is 10.1 Å². The fourth-order valence-electron chi connectivity index (χ4n) is 2.37. The first kappa shape index (κ1) is 16.9. The number of hydrogen-bond acceptors (Lipinski definition) is 6. The van der Waals surface area contributed by atoms with Crippen molar-refractivity contribution >= 4 is 21.8 Å². The molecule has 2 rings (SSSR count). The summed E-state index contributed by atoms with van der Waals surface area (Å²) in [5, 5.41) is 10.6. The van der Waals surface area contributed by atoms with Gasteiger partial charge in [-0.05, 0) is 18.1 Å². The molecule has 0 bridgehead atoms. The maximum atomic E-state index is 12.7. The number of amides is 1. The van der Waals surface area contributed by atoms with E-state index < -0.39 is 33.2 Å². The van der Waals surface area contributed by atoms with Crippen LogP contribution in [0.3, 0.4) is 0 Å². The summed E-state index contributed by atoms with van der Waals surface area (Å²) in [5.74, 6) is -0.0981. The van der Waals surface area contributed by atoms with Crippen LogP contribution in [0.25, 0.3) is 0 Å². The van der Waals surface area contributed by atoms with E-state index in [1.807, 2.05) is 0 Å². The molecule has 1 fully saturated rings. The predicted octanol–water partition coefficient (Wildman–Crippen LogP) is 2.31. The number of rotatable bonds is 5. The number of non-ortho nitro benzene ring substituents is 1. The molecule has 124 valence electrons. The Balaban J connectivity index is 2.43. The van der Waals surface area contributed by atoms with Gasteiger partial charge in [0.15, 0.2) is 0 Å². The van der Waals surface area contributed by atoms with Crippen LogP contribution in [0.15, 0.2) is 41.8 Å². The number of sulfonamides is 1. The Morgan fingerprint density at radius 1 is 1.35 bits per heavy atom. The third-order valence-electron chi connectivity index (χ3n) is 3.53. The van der Waals surface area contributed by atoms with Crippen molar-refractivity contribution in [3.05, 3.63) is 47.0 Å². The van der Waals surface area contributed by atoms with Gasteiger partial charge >= 0.3 is 6.09 Å². The Labute approximate surface area is 133 Å². The van der Waals surface area contributed by atoms with Crippen molar-refractivity contribution < 1.29 is 22.9 Å². The largest absolute Gasteiger partial charge is 0.442 e. The minimum absolute atomic E-state index is 0.0981. The summed E-state index contributed by atoms with van der Waals surface area (Å²) in [5.41, 5.74) is -0.242. The zero-order valence-electron chi connectivity index (χ0n) is 12.6. The third-order valence-corrected chi connectivity index (χ3v) is 5.31. The van der Waals surface area contributed by atoms with E-state index in [0.717, 1.165) is 24.3 Å². The van der Waals surface area contributed by atoms with E-state index in [2.05, 4.69) is 6.58 Å². The summed E-state index contributed by atoms with van der Waals surface area (Å²) >= 11 is 0. The van der Waals surface area contributed by atoms with Gasteiger partial charge in [0.2, 0.25) is 0 Å². The number of ether oxygens (including phenoxy) is 1. The molecule has 0 aliphatic carbocycles. The lowest BCUT2D eigenvalue weighted by Crippen LogP contribution is -2.41. The van der Waals surface area contributed by atoms with Gasteiger partial charge in [-0.15, -0.1) is 6.58 Å². The second-order valence-corrected chi connectivity index (χ2v) is 7.19. The summed E-state index contributed by atoms with van der Waals surface area (Å²) in [7, 11) is -4.19. The molecule has 2 atom stereocenters. The molecule has 1 aromatic carbocycles. The number of nitrogens with zero attached hydrogens (tertiary/aromatic N) is 2. The minimum atomic E-state index is -4.19. The lowest BCUT2D eigenvalue weighted by molar-refractivity contribution is -0.384. The van der Waals surface area contributed by atoms with Gasteiger partial charge in [0.25, 0.3) is 15.7 Å². The zero-order chi connectivity index (χ0) is 17.4. The van der Waals surface area contributed by atoms with Crippen molar-refractivity contribution in [2.45, 2.75) is 30.9 Å². The molecule has 1 saturated heterocycles. The standard InChI is InChI=1S/C14H16N2O6S/c1-4-12-13(9(2)3)22-14(17)15(12)23(20,21)11-7-5-10(6-8-11)16(18)19/h4-9,12-13H,1H2,2-3H3/t12-,13-/m0/s1. The molecule has 0 N–H and O–H groups in total. The molecule has 1 aliphatic rings. The third kappa shape index (κ3) is 2.91. The first-order valence-corrected chi connectivity index (χ1v) is 8.26. The van der Waals surface area contributed by atoms with Crippen molar-refractivity contribution in [1.82, 2.24) is 4.31 Å². The van der Waals surface area contributed by atoms with E-state index >= 15 is 0 Å². The molecule has 0 aromatic heterocycles. The van der Waals surface area contributed by atoms with E-state index in [4.69, 9.17) is 4.74 Å². The lowest BCUT2D eigenvalue weighted by atomic mass is 10.0. The van der Waals surface area contributed by atoms with Crippen LogP contribution in [0, 0.1) is 16.0 Å². The first-order valence-electron chi connectivity index (χ1n) is 6.82. The normalized spacial score (nSPS) is 21.3. The predicted molar refractivity (Wildman–Crippen MR) is 81.2 cm³/mol. The van der Waals surface area contributed by atoms with Crippen LogP contribution in [-0.4, -0.2) is 35.9 Å². The maximum Gasteiger partial charge on any atom is 0.424 e. The summed E-state index contributed by atoms with van der Waals surface area (Å²) < 4.78 is 31.1. The van der Waals surface area contributed by atoms with Crippen LogP contribution in [0.2, 0.25) is 0 Å². The second kappa shape index (κ2) is 5.99. The molecule has 0 radical (unpaired) electrons. The van der Waals surface area contributed by atoms with Crippen molar-refractivity contribution in [3.63, 3.8) is 0 Å². The molecule has 23 heavy (non-hydrogen) atoms. The summed E-state index contributed by atoms with van der Waals surface area (Å²) in [6.45, 7) is 7.18. The van der Waals surface area contributed by atoms with Gasteiger partial charge in [-0.2, -0.15) is 4.31 Å². The molecule has 0 saturated carbocycles. The van der Waals surface area contributed by atoms with Crippen molar-refractivity contribution in [2.75, 3.05) is 0 Å². The Kier molecular flexibility index (Phi) is 4.42. The monoisotopic (exact) mass is 340 g/mol. The van der Waals surface area contributed by atoms with Crippen molar-refractivity contribution in [1.29, 1.82) is 0 Å². The zero-order valence-corrected chi connectivity index (χ0v) is 13.4. The number of carbonyl (C=O) groups is 1. The highest BCUT2D eigenvalue weighted by Crippen LogP contribution is 2.31. The van der Waals surface area contributed by atoms with Crippen molar-refractivity contribution in [3.8, 4) is 0 Å². The van der Waals surface area contributed by atoms with Gasteiger partial charge in [-0.1, -0.05) is 19.9 Å². The molecule has 8 nitrogen and oxygen atoms in total. The van der Waals surface area contributed by atoms with Crippen LogP contribution in [-0.2, 0) is 14.8 Å². The second-order valence-electron chi connectivity index (χ2n) is 5.37.